The van der Waals surface area contributed by atoms with Crippen LogP contribution in [0.4, 0.5) is 0 Å². The van der Waals surface area contributed by atoms with Crippen LogP contribution in [0.25, 0.3) is 0 Å². The molecule has 0 fully saturated rings. The topological polar surface area (TPSA) is 58.6 Å². The summed E-state index contributed by atoms with van der Waals surface area (Å²) in [6.07, 6.45) is 1.53. The molecular formula is C18H21NO3S. The molecule has 0 aliphatic carbocycles. The second-order valence-corrected chi connectivity index (χ2v) is 6.83. The number of aliphatic hydroxyl groups is 1. The fourth-order valence-corrected chi connectivity index (χ4v) is 3.90. The van der Waals surface area contributed by atoms with Crippen LogP contribution in [-0.2, 0) is 17.8 Å². The number of thiophene rings is 1. The van der Waals surface area contributed by atoms with Crippen molar-refractivity contribution in [2.24, 2.45) is 0 Å². The predicted octanol–water partition coefficient (Wildman–Crippen LogP) is 2.72. The first-order valence-corrected chi connectivity index (χ1v) is 8.73. The van der Waals surface area contributed by atoms with E-state index in [1.54, 1.807) is 11.3 Å². The Morgan fingerprint density at radius 2 is 2.17 bits per heavy atom. The molecule has 1 aliphatic heterocycles. The lowest BCUT2D eigenvalue weighted by atomic mass is 9.96. The largest absolute Gasteiger partial charge is 0.396 e. The summed E-state index contributed by atoms with van der Waals surface area (Å²) in [6.45, 7) is 1.99. The van der Waals surface area contributed by atoms with E-state index in [9.17, 15) is 9.90 Å². The van der Waals surface area contributed by atoms with Crippen molar-refractivity contribution in [3.8, 4) is 0 Å². The molecule has 1 unspecified atom stereocenters. The summed E-state index contributed by atoms with van der Waals surface area (Å²) in [5.74, 6) is 0.0892. The number of aliphatic hydroxyl groups excluding tert-OH is 1. The Bertz CT molecular complexity index is 630. The molecule has 1 aromatic carbocycles. The van der Waals surface area contributed by atoms with Crippen molar-refractivity contribution in [1.82, 2.24) is 5.32 Å². The van der Waals surface area contributed by atoms with Crippen LogP contribution >= 0.6 is 11.3 Å². The van der Waals surface area contributed by atoms with Gasteiger partial charge in [0.2, 0.25) is 0 Å². The molecule has 1 aliphatic rings. The van der Waals surface area contributed by atoms with E-state index in [0.717, 1.165) is 29.0 Å². The first kappa shape index (κ1) is 16.2. The molecule has 4 nitrogen and oxygen atoms in total. The van der Waals surface area contributed by atoms with E-state index in [-0.39, 0.29) is 18.4 Å². The number of hydrogen-bond donors (Lipinski definition) is 2. The second kappa shape index (κ2) is 7.73. The van der Waals surface area contributed by atoms with E-state index in [1.165, 1.54) is 4.88 Å². The molecule has 122 valence electrons. The van der Waals surface area contributed by atoms with Crippen molar-refractivity contribution in [3.05, 3.63) is 57.3 Å². The van der Waals surface area contributed by atoms with Crippen molar-refractivity contribution in [3.63, 3.8) is 0 Å². The standard InChI is InChI=1S/C18H21NO3S/c20-8-6-14(13-4-2-1-3-5-13)11-19-18(21)17-10-15-12-22-9-7-16(15)23-17/h1-5,10,14,20H,6-9,11-12H2,(H,19,21). The summed E-state index contributed by atoms with van der Waals surface area (Å²) in [6, 6.07) is 11.9. The lowest BCUT2D eigenvalue weighted by Crippen LogP contribution is -2.28. The number of ether oxygens (including phenoxy) is 1. The van der Waals surface area contributed by atoms with Gasteiger partial charge in [-0.15, -0.1) is 11.3 Å². The molecule has 0 bridgehead atoms. The third kappa shape index (κ3) is 3.99. The van der Waals surface area contributed by atoms with Crippen LogP contribution in [-0.4, -0.2) is 30.8 Å². The molecule has 2 aromatic rings. The van der Waals surface area contributed by atoms with Gasteiger partial charge in [-0.05, 0) is 23.6 Å². The molecule has 2 heterocycles. The number of hydrogen-bond acceptors (Lipinski definition) is 4. The SMILES string of the molecule is O=C(NCC(CCO)c1ccccc1)c1cc2c(s1)CCOC2. The Kier molecular flexibility index (Phi) is 5.43. The Morgan fingerprint density at radius 1 is 1.35 bits per heavy atom. The monoisotopic (exact) mass is 331 g/mol. The molecule has 1 aromatic heterocycles. The zero-order valence-corrected chi connectivity index (χ0v) is 13.8. The van der Waals surface area contributed by atoms with Gasteiger partial charge in [0, 0.05) is 30.4 Å². The van der Waals surface area contributed by atoms with Crippen LogP contribution in [0.1, 0.15) is 38.0 Å². The van der Waals surface area contributed by atoms with Crippen LogP contribution in [0.5, 0.6) is 0 Å². The van der Waals surface area contributed by atoms with Gasteiger partial charge in [-0.25, -0.2) is 0 Å². The number of carbonyl (C=O) groups excluding carboxylic acids is 1. The average Bonchev–Trinajstić information content (AvgIpc) is 3.03. The van der Waals surface area contributed by atoms with Gasteiger partial charge in [-0.3, -0.25) is 4.79 Å². The lowest BCUT2D eigenvalue weighted by Gasteiger charge is -2.16. The normalized spacial score (nSPS) is 15.0. The van der Waals surface area contributed by atoms with Gasteiger partial charge >= 0.3 is 0 Å². The summed E-state index contributed by atoms with van der Waals surface area (Å²) in [4.78, 5) is 14.4. The number of carbonyl (C=O) groups is 1. The van der Waals surface area contributed by atoms with E-state index in [1.807, 2.05) is 36.4 Å². The second-order valence-electron chi connectivity index (χ2n) is 5.69. The average molecular weight is 331 g/mol. The van der Waals surface area contributed by atoms with Gasteiger partial charge in [-0.1, -0.05) is 30.3 Å². The van der Waals surface area contributed by atoms with Gasteiger partial charge in [0.1, 0.15) is 0 Å². The highest BCUT2D eigenvalue weighted by Gasteiger charge is 2.19. The summed E-state index contributed by atoms with van der Waals surface area (Å²) in [7, 11) is 0. The molecule has 0 spiro atoms. The zero-order chi connectivity index (χ0) is 16.1. The molecule has 2 N–H and O–H groups in total. The molecule has 0 saturated heterocycles. The van der Waals surface area contributed by atoms with Gasteiger partial charge in [-0.2, -0.15) is 0 Å². The van der Waals surface area contributed by atoms with Crippen molar-refractivity contribution >= 4 is 17.2 Å². The van der Waals surface area contributed by atoms with Crippen LogP contribution in [0, 0.1) is 0 Å². The summed E-state index contributed by atoms with van der Waals surface area (Å²) in [5, 5.41) is 12.3. The molecule has 1 amide bonds. The van der Waals surface area contributed by atoms with E-state index in [0.29, 0.717) is 19.6 Å². The van der Waals surface area contributed by atoms with Crippen LogP contribution in [0.15, 0.2) is 36.4 Å². The third-order valence-electron chi connectivity index (χ3n) is 4.11. The molecule has 0 saturated carbocycles. The lowest BCUT2D eigenvalue weighted by molar-refractivity contribution is 0.0953. The molecule has 0 radical (unpaired) electrons. The molecule has 3 rings (SSSR count). The third-order valence-corrected chi connectivity index (χ3v) is 5.34. The highest BCUT2D eigenvalue weighted by atomic mass is 32.1. The first-order valence-electron chi connectivity index (χ1n) is 7.91. The quantitative estimate of drug-likeness (QED) is 0.856. The van der Waals surface area contributed by atoms with Gasteiger partial charge in [0.05, 0.1) is 18.1 Å². The van der Waals surface area contributed by atoms with E-state index in [2.05, 4.69) is 5.32 Å². The molecule has 23 heavy (non-hydrogen) atoms. The Morgan fingerprint density at radius 3 is 2.91 bits per heavy atom. The van der Waals surface area contributed by atoms with Crippen LogP contribution in [0.3, 0.4) is 0 Å². The van der Waals surface area contributed by atoms with Crippen molar-refractivity contribution < 1.29 is 14.6 Å². The predicted molar refractivity (Wildman–Crippen MR) is 90.9 cm³/mol. The molecular weight excluding hydrogens is 310 g/mol. The van der Waals surface area contributed by atoms with E-state index >= 15 is 0 Å². The number of benzene rings is 1. The maximum Gasteiger partial charge on any atom is 0.261 e. The minimum absolute atomic E-state index is 0.0386. The first-order chi connectivity index (χ1) is 11.3. The van der Waals surface area contributed by atoms with E-state index < -0.39 is 0 Å². The Hall–Kier alpha value is -1.69. The van der Waals surface area contributed by atoms with E-state index in [4.69, 9.17) is 4.74 Å². The molecule has 5 heteroatoms. The fraction of sp³-hybridized carbons (Fsp3) is 0.389. The maximum absolute atomic E-state index is 12.4. The van der Waals surface area contributed by atoms with Gasteiger partial charge in [0.15, 0.2) is 0 Å². The smallest absolute Gasteiger partial charge is 0.261 e. The van der Waals surface area contributed by atoms with Crippen molar-refractivity contribution in [2.45, 2.75) is 25.4 Å². The highest BCUT2D eigenvalue weighted by Crippen LogP contribution is 2.27. The summed E-state index contributed by atoms with van der Waals surface area (Å²) >= 11 is 1.56. The maximum atomic E-state index is 12.4. The summed E-state index contributed by atoms with van der Waals surface area (Å²) in [5.41, 5.74) is 2.28. The van der Waals surface area contributed by atoms with Crippen molar-refractivity contribution in [2.75, 3.05) is 19.8 Å². The van der Waals surface area contributed by atoms with Crippen molar-refractivity contribution in [1.29, 1.82) is 0 Å². The Balaban J connectivity index is 1.63. The van der Waals surface area contributed by atoms with Crippen LogP contribution in [0.2, 0.25) is 0 Å². The van der Waals surface area contributed by atoms with Gasteiger partial charge in [0.25, 0.3) is 5.91 Å². The zero-order valence-electron chi connectivity index (χ0n) is 13.0. The number of nitrogens with one attached hydrogen (secondary N) is 1. The highest BCUT2D eigenvalue weighted by molar-refractivity contribution is 7.14. The van der Waals surface area contributed by atoms with Gasteiger partial charge < -0.3 is 15.2 Å². The number of rotatable bonds is 6. The number of fused-ring (bicyclic) bond motifs is 1. The van der Waals surface area contributed by atoms with Crippen LogP contribution < -0.4 is 5.32 Å². The minimum Gasteiger partial charge on any atom is -0.396 e. The minimum atomic E-state index is -0.0386. The fourth-order valence-electron chi connectivity index (χ4n) is 2.83. The summed E-state index contributed by atoms with van der Waals surface area (Å²) < 4.78 is 5.42. The number of amides is 1. The molecule has 1 atom stereocenters. The Labute approximate surface area is 140 Å².